The third kappa shape index (κ3) is 3.23. The fraction of sp³-hybridized carbons (Fsp3) is 0.600. The topological polar surface area (TPSA) is 88.2 Å². The Morgan fingerprint density at radius 2 is 2.35 bits per heavy atom. The largest absolute Gasteiger partial charge is 0.461 e. The van der Waals surface area contributed by atoms with Crippen molar-refractivity contribution in [1.29, 1.82) is 5.41 Å². The van der Waals surface area contributed by atoms with E-state index >= 15 is 0 Å². The van der Waals surface area contributed by atoms with Gasteiger partial charge in [0.15, 0.2) is 0 Å². The van der Waals surface area contributed by atoms with Gasteiger partial charge < -0.3 is 15.8 Å². The molecule has 0 aliphatic carbocycles. The van der Waals surface area contributed by atoms with Gasteiger partial charge in [0.05, 0.1) is 12.6 Å². The van der Waals surface area contributed by atoms with Crippen molar-refractivity contribution in [2.75, 3.05) is 13.2 Å². The summed E-state index contributed by atoms with van der Waals surface area (Å²) in [6, 6.07) is -1.02. The molecule has 0 aromatic rings. The zero-order valence-electron chi connectivity index (χ0n) is 9.43. The lowest BCUT2D eigenvalue weighted by Gasteiger charge is -2.26. The van der Waals surface area contributed by atoms with Crippen molar-refractivity contribution in [3.05, 3.63) is 11.3 Å². The maximum Gasteiger partial charge on any atom is 0.356 e. The number of nitrogens with two attached hydrogens (primary N) is 1. The molecular weight excluding hydrogens is 232 g/mol. The molecular formula is C10H15F2N3O2. The molecule has 1 aliphatic heterocycles. The Morgan fingerprint density at radius 1 is 1.71 bits per heavy atom. The van der Waals surface area contributed by atoms with Crippen molar-refractivity contribution in [2.24, 2.45) is 5.73 Å². The average molecular weight is 247 g/mol. The Kier molecular flexibility index (Phi) is 4.56. The van der Waals surface area contributed by atoms with Crippen molar-refractivity contribution in [3.8, 4) is 0 Å². The molecule has 0 bridgehead atoms. The number of alkyl halides is 2. The van der Waals surface area contributed by atoms with Gasteiger partial charge in [0.1, 0.15) is 5.71 Å². The maximum atomic E-state index is 12.4. The second-order valence-electron chi connectivity index (χ2n) is 3.63. The Morgan fingerprint density at radius 3 is 2.82 bits per heavy atom. The SMILES string of the molecule is CCOC(=O)C(=N)C1=C(N)CC(C(F)F)NC1. The first-order valence-electron chi connectivity index (χ1n) is 5.22. The number of halogens is 2. The first-order valence-corrected chi connectivity index (χ1v) is 5.22. The number of carbonyl (C=O) groups is 1. The number of carbonyl (C=O) groups excluding carboxylic acids is 1. The molecule has 7 heteroatoms. The highest BCUT2D eigenvalue weighted by Gasteiger charge is 2.29. The molecule has 0 aromatic heterocycles. The second kappa shape index (κ2) is 5.72. The van der Waals surface area contributed by atoms with E-state index in [1.165, 1.54) is 0 Å². The van der Waals surface area contributed by atoms with E-state index in [1.807, 2.05) is 0 Å². The van der Waals surface area contributed by atoms with Crippen molar-refractivity contribution in [2.45, 2.75) is 25.8 Å². The van der Waals surface area contributed by atoms with E-state index in [1.54, 1.807) is 6.92 Å². The molecule has 4 N–H and O–H groups in total. The molecule has 1 unspecified atom stereocenters. The minimum Gasteiger partial charge on any atom is -0.461 e. The Labute approximate surface area is 97.5 Å². The van der Waals surface area contributed by atoms with E-state index in [4.69, 9.17) is 11.1 Å². The van der Waals surface area contributed by atoms with Gasteiger partial charge in [-0.3, -0.25) is 5.41 Å². The van der Waals surface area contributed by atoms with Gasteiger partial charge in [-0.25, -0.2) is 13.6 Å². The van der Waals surface area contributed by atoms with Crippen LogP contribution in [0.3, 0.4) is 0 Å². The van der Waals surface area contributed by atoms with Crippen LogP contribution in [0.25, 0.3) is 0 Å². The van der Waals surface area contributed by atoms with Crippen LogP contribution < -0.4 is 11.1 Å². The number of hydrogen-bond donors (Lipinski definition) is 3. The highest BCUT2D eigenvalue weighted by atomic mass is 19.3. The second-order valence-corrected chi connectivity index (χ2v) is 3.63. The smallest absolute Gasteiger partial charge is 0.356 e. The summed E-state index contributed by atoms with van der Waals surface area (Å²) in [4.78, 5) is 11.3. The van der Waals surface area contributed by atoms with Crippen LogP contribution >= 0.6 is 0 Å². The summed E-state index contributed by atoms with van der Waals surface area (Å²) in [6.07, 6.45) is -2.60. The number of esters is 1. The molecule has 0 radical (unpaired) electrons. The van der Waals surface area contributed by atoms with E-state index in [2.05, 4.69) is 10.1 Å². The fourth-order valence-corrected chi connectivity index (χ4v) is 1.53. The average Bonchev–Trinajstić information content (AvgIpc) is 2.28. The zero-order chi connectivity index (χ0) is 13.0. The van der Waals surface area contributed by atoms with Crippen molar-refractivity contribution in [1.82, 2.24) is 5.32 Å². The predicted octanol–water partition coefficient (Wildman–Crippen LogP) is 0.409. The first-order chi connectivity index (χ1) is 7.97. The van der Waals surface area contributed by atoms with Crippen LogP contribution in [0, 0.1) is 5.41 Å². The van der Waals surface area contributed by atoms with Gasteiger partial charge in [0.25, 0.3) is 6.43 Å². The van der Waals surface area contributed by atoms with Crippen LogP contribution in [0.15, 0.2) is 11.3 Å². The minimum atomic E-state index is -2.52. The van der Waals surface area contributed by atoms with Crippen molar-refractivity contribution in [3.63, 3.8) is 0 Å². The Bertz CT molecular complexity index is 355. The van der Waals surface area contributed by atoms with Gasteiger partial charge in [0.2, 0.25) is 0 Å². The molecule has 17 heavy (non-hydrogen) atoms. The third-order valence-corrected chi connectivity index (χ3v) is 2.45. The van der Waals surface area contributed by atoms with Crippen LogP contribution in [0.4, 0.5) is 8.78 Å². The van der Waals surface area contributed by atoms with Gasteiger partial charge in [-0.1, -0.05) is 0 Å². The summed E-state index contributed by atoms with van der Waals surface area (Å²) in [5.74, 6) is -0.789. The van der Waals surface area contributed by atoms with E-state index in [0.29, 0.717) is 0 Å². The molecule has 1 aliphatic rings. The Hall–Kier alpha value is -1.50. The molecule has 0 saturated carbocycles. The molecule has 0 amide bonds. The molecule has 0 spiro atoms. The van der Waals surface area contributed by atoms with Gasteiger partial charge in [-0.2, -0.15) is 0 Å². The summed E-state index contributed by atoms with van der Waals surface area (Å²) >= 11 is 0. The van der Waals surface area contributed by atoms with Crippen LogP contribution in [-0.4, -0.2) is 37.3 Å². The number of ether oxygens (including phenoxy) is 1. The standard InChI is InChI=1S/C10H15F2N3O2/c1-2-17-10(16)8(14)5-4-15-7(9(11)12)3-6(5)13/h7,9,14-15H,2-4,13H2,1H3. The molecule has 0 fully saturated rings. The van der Waals surface area contributed by atoms with Crippen LogP contribution in [0.2, 0.25) is 0 Å². The first kappa shape index (κ1) is 13.6. The van der Waals surface area contributed by atoms with Crippen LogP contribution in [0.1, 0.15) is 13.3 Å². The van der Waals surface area contributed by atoms with Crippen LogP contribution in [-0.2, 0) is 9.53 Å². The Balaban J connectivity index is 2.75. The molecule has 1 rings (SSSR count). The summed E-state index contributed by atoms with van der Waals surface area (Å²) in [6.45, 7) is 1.76. The molecule has 1 heterocycles. The highest BCUT2D eigenvalue weighted by Crippen LogP contribution is 2.18. The van der Waals surface area contributed by atoms with E-state index < -0.39 is 18.4 Å². The van der Waals surface area contributed by atoms with E-state index in [-0.39, 0.29) is 36.6 Å². The zero-order valence-corrected chi connectivity index (χ0v) is 9.43. The molecule has 5 nitrogen and oxygen atoms in total. The summed E-state index contributed by atoms with van der Waals surface area (Å²) in [5.41, 5.74) is 5.61. The molecule has 0 aromatic carbocycles. The fourth-order valence-electron chi connectivity index (χ4n) is 1.53. The lowest BCUT2D eigenvalue weighted by atomic mass is 9.98. The predicted molar refractivity (Wildman–Crippen MR) is 58.0 cm³/mol. The van der Waals surface area contributed by atoms with Crippen LogP contribution in [0.5, 0.6) is 0 Å². The molecule has 0 saturated heterocycles. The van der Waals surface area contributed by atoms with Gasteiger partial charge in [-0.05, 0) is 6.92 Å². The number of hydrogen-bond acceptors (Lipinski definition) is 5. The molecule has 96 valence electrons. The lowest BCUT2D eigenvalue weighted by molar-refractivity contribution is -0.135. The highest BCUT2D eigenvalue weighted by molar-refractivity contribution is 6.42. The third-order valence-electron chi connectivity index (χ3n) is 2.45. The number of rotatable bonds is 4. The maximum absolute atomic E-state index is 12.4. The van der Waals surface area contributed by atoms with E-state index in [0.717, 1.165) is 0 Å². The lowest BCUT2D eigenvalue weighted by Crippen LogP contribution is -2.44. The van der Waals surface area contributed by atoms with Gasteiger partial charge in [0, 0.05) is 24.2 Å². The normalized spacial score (nSPS) is 20.6. The summed E-state index contributed by atoms with van der Waals surface area (Å²) in [5, 5.41) is 10.1. The quantitative estimate of drug-likeness (QED) is 0.496. The summed E-state index contributed by atoms with van der Waals surface area (Å²) in [7, 11) is 0. The summed E-state index contributed by atoms with van der Waals surface area (Å²) < 4.78 is 29.5. The van der Waals surface area contributed by atoms with Crippen molar-refractivity contribution < 1.29 is 18.3 Å². The van der Waals surface area contributed by atoms with Gasteiger partial charge >= 0.3 is 5.97 Å². The monoisotopic (exact) mass is 247 g/mol. The number of nitrogens with one attached hydrogen (secondary N) is 2. The molecule has 1 atom stereocenters. The van der Waals surface area contributed by atoms with E-state index in [9.17, 15) is 13.6 Å². The van der Waals surface area contributed by atoms with Gasteiger partial charge in [-0.15, -0.1) is 0 Å². The van der Waals surface area contributed by atoms with Crippen molar-refractivity contribution >= 4 is 11.7 Å². The minimum absolute atomic E-state index is 0.0154.